The van der Waals surface area contributed by atoms with Crippen molar-refractivity contribution in [2.45, 2.75) is 26.2 Å². The molecule has 0 aliphatic heterocycles. The predicted octanol–water partition coefficient (Wildman–Crippen LogP) is 4.51. The number of benzene rings is 2. The molecule has 0 aromatic heterocycles. The smallest absolute Gasteiger partial charge is 0.243 e. The molecule has 0 N–H and O–H groups in total. The molecule has 0 atom stereocenters. The lowest BCUT2D eigenvalue weighted by Gasteiger charge is -2.08. The second kappa shape index (κ2) is 8.13. The number of nitrogens with zero attached hydrogens (tertiary/aromatic N) is 1. The molecule has 0 bridgehead atoms. The lowest BCUT2D eigenvalue weighted by Crippen LogP contribution is -1.96. The van der Waals surface area contributed by atoms with Crippen molar-refractivity contribution in [3.05, 3.63) is 81.0 Å². The van der Waals surface area contributed by atoms with Gasteiger partial charge in [0, 0.05) is 18.6 Å². The third-order valence-electron chi connectivity index (χ3n) is 3.72. The van der Waals surface area contributed by atoms with Crippen molar-refractivity contribution in [2.75, 3.05) is 7.11 Å². The monoisotopic (exact) mass is 311 g/mol. The van der Waals surface area contributed by atoms with Gasteiger partial charge in [0.1, 0.15) is 5.75 Å². The molecule has 2 aromatic carbocycles. The van der Waals surface area contributed by atoms with E-state index in [-0.39, 0.29) is 5.70 Å². The Morgan fingerprint density at radius 2 is 1.83 bits per heavy atom. The highest BCUT2D eigenvalue weighted by Gasteiger charge is 2.07. The summed E-state index contributed by atoms with van der Waals surface area (Å²) in [6.07, 6.45) is 4.57. The van der Waals surface area contributed by atoms with Crippen molar-refractivity contribution in [1.29, 1.82) is 0 Å². The number of ether oxygens (including phenoxy) is 1. The number of allylic oxidation sites excluding steroid dienone is 1. The molecule has 120 valence electrons. The van der Waals surface area contributed by atoms with Gasteiger partial charge in [0.05, 0.1) is 12.0 Å². The first kappa shape index (κ1) is 16.7. The van der Waals surface area contributed by atoms with Crippen LogP contribution in [0.3, 0.4) is 0 Å². The van der Waals surface area contributed by atoms with Crippen molar-refractivity contribution in [3.63, 3.8) is 0 Å². The van der Waals surface area contributed by atoms with Gasteiger partial charge in [0.2, 0.25) is 5.70 Å². The highest BCUT2D eigenvalue weighted by molar-refractivity contribution is 5.59. The van der Waals surface area contributed by atoms with Gasteiger partial charge in [-0.05, 0) is 36.5 Å². The minimum Gasteiger partial charge on any atom is -0.496 e. The topological polar surface area (TPSA) is 52.4 Å². The van der Waals surface area contributed by atoms with Gasteiger partial charge in [-0.15, -0.1) is 0 Å². The standard InChI is InChI=1S/C19H21NO3/c1-15(20(21)22)13-18-12-11-17(14-19(18)23-2)10-6-9-16-7-4-3-5-8-16/h3-5,7-8,11-14H,6,9-10H2,1-2H3/b15-13+. The van der Waals surface area contributed by atoms with Crippen molar-refractivity contribution < 1.29 is 9.66 Å². The Labute approximate surface area is 136 Å². The zero-order valence-electron chi connectivity index (χ0n) is 13.5. The molecular weight excluding hydrogens is 290 g/mol. The molecule has 23 heavy (non-hydrogen) atoms. The van der Waals surface area contributed by atoms with E-state index in [2.05, 4.69) is 24.3 Å². The van der Waals surface area contributed by atoms with Gasteiger partial charge >= 0.3 is 0 Å². The second-order valence-corrected chi connectivity index (χ2v) is 5.46. The van der Waals surface area contributed by atoms with Gasteiger partial charge in [-0.25, -0.2) is 0 Å². The Morgan fingerprint density at radius 3 is 2.48 bits per heavy atom. The first-order chi connectivity index (χ1) is 11.1. The molecule has 0 heterocycles. The summed E-state index contributed by atoms with van der Waals surface area (Å²) in [5.41, 5.74) is 3.34. The fourth-order valence-electron chi connectivity index (χ4n) is 2.45. The maximum Gasteiger partial charge on any atom is 0.243 e. The fourth-order valence-corrected chi connectivity index (χ4v) is 2.45. The van der Waals surface area contributed by atoms with Crippen LogP contribution < -0.4 is 4.74 Å². The molecule has 0 saturated carbocycles. The molecule has 0 unspecified atom stereocenters. The SMILES string of the molecule is COc1cc(CCCc2ccccc2)ccc1/C=C(\C)[N+](=O)[O-]. The van der Waals surface area contributed by atoms with Gasteiger partial charge in [0.15, 0.2) is 0 Å². The molecule has 4 heteroatoms. The van der Waals surface area contributed by atoms with E-state index >= 15 is 0 Å². The minimum absolute atomic E-state index is 0.0973. The lowest BCUT2D eigenvalue weighted by atomic mass is 10.0. The fraction of sp³-hybridized carbons (Fsp3) is 0.263. The van der Waals surface area contributed by atoms with Crippen LogP contribution in [0.2, 0.25) is 0 Å². The summed E-state index contributed by atoms with van der Waals surface area (Å²) in [5, 5.41) is 10.7. The van der Waals surface area contributed by atoms with Crippen molar-refractivity contribution in [2.24, 2.45) is 0 Å². The summed E-state index contributed by atoms with van der Waals surface area (Å²) in [5.74, 6) is 0.670. The Bertz CT molecular complexity index is 693. The maximum absolute atomic E-state index is 10.7. The molecule has 0 amide bonds. The lowest BCUT2D eigenvalue weighted by molar-refractivity contribution is -0.422. The Hall–Kier alpha value is -2.62. The number of hydrogen-bond acceptors (Lipinski definition) is 3. The quantitative estimate of drug-likeness (QED) is 0.558. The van der Waals surface area contributed by atoms with Crippen LogP contribution in [0.4, 0.5) is 0 Å². The highest BCUT2D eigenvalue weighted by atomic mass is 16.6. The van der Waals surface area contributed by atoms with E-state index in [9.17, 15) is 10.1 Å². The highest BCUT2D eigenvalue weighted by Crippen LogP contribution is 2.24. The molecule has 4 nitrogen and oxygen atoms in total. The first-order valence-electron chi connectivity index (χ1n) is 7.63. The van der Waals surface area contributed by atoms with E-state index in [0.717, 1.165) is 24.8 Å². The van der Waals surface area contributed by atoms with E-state index in [0.29, 0.717) is 5.75 Å². The number of rotatable bonds is 7. The van der Waals surface area contributed by atoms with Crippen molar-refractivity contribution >= 4 is 6.08 Å². The Kier molecular flexibility index (Phi) is 5.92. The van der Waals surface area contributed by atoms with Crippen LogP contribution >= 0.6 is 0 Å². The van der Waals surface area contributed by atoms with Crippen LogP contribution in [0.15, 0.2) is 54.2 Å². The summed E-state index contributed by atoms with van der Waals surface area (Å²) in [6.45, 7) is 1.48. The molecule has 0 spiro atoms. The van der Waals surface area contributed by atoms with Crippen LogP contribution in [0.1, 0.15) is 30.0 Å². The zero-order chi connectivity index (χ0) is 16.7. The summed E-state index contributed by atoms with van der Waals surface area (Å²) < 4.78 is 5.36. The van der Waals surface area contributed by atoms with Crippen molar-refractivity contribution in [3.8, 4) is 5.75 Å². The molecule has 0 saturated heterocycles. The van der Waals surface area contributed by atoms with Crippen molar-refractivity contribution in [1.82, 2.24) is 0 Å². The molecule has 0 fully saturated rings. The van der Waals surface area contributed by atoms with Crippen LogP contribution in [0.5, 0.6) is 5.75 Å². The zero-order valence-corrected chi connectivity index (χ0v) is 13.5. The summed E-state index contributed by atoms with van der Waals surface area (Å²) in [7, 11) is 1.59. The maximum atomic E-state index is 10.7. The summed E-state index contributed by atoms with van der Waals surface area (Å²) in [4.78, 5) is 10.3. The third-order valence-corrected chi connectivity index (χ3v) is 3.72. The van der Waals surface area contributed by atoms with E-state index < -0.39 is 4.92 Å². The minimum atomic E-state index is -0.396. The van der Waals surface area contributed by atoms with Crippen LogP contribution in [0, 0.1) is 10.1 Å². The molecular formula is C19H21NO3. The molecule has 0 radical (unpaired) electrons. The van der Waals surface area contributed by atoms with Crippen LogP contribution in [-0.2, 0) is 12.8 Å². The summed E-state index contributed by atoms with van der Waals surface area (Å²) >= 11 is 0. The van der Waals surface area contributed by atoms with Crippen LogP contribution in [0.25, 0.3) is 6.08 Å². The number of nitro groups is 1. The second-order valence-electron chi connectivity index (χ2n) is 5.46. The Balaban J connectivity index is 2.04. The predicted molar refractivity (Wildman–Crippen MR) is 92.1 cm³/mol. The molecule has 2 aromatic rings. The van der Waals surface area contributed by atoms with E-state index in [4.69, 9.17) is 4.74 Å². The normalized spacial score (nSPS) is 11.3. The molecule has 0 aliphatic rings. The van der Waals surface area contributed by atoms with Gasteiger partial charge in [-0.2, -0.15) is 0 Å². The largest absolute Gasteiger partial charge is 0.496 e. The number of methoxy groups -OCH3 is 1. The third kappa shape index (κ3) is 4.95. The average Bonchev–Trinajstić information content (AvgIpc) is 2.56. The van der Waals surface area contributed by atoms with Gasteiger partial charge in [-0.3, -0.25) is 10.1 Å². The number of hydrogen-bond donors (Lipinski definition) is 0. The molecule has 0 aliphatic carbocycles. The van der Waals surface area contributed by atoms with Crippen LogP contribution in [-0.4, -0.2) is 12.0 Å². The van der Waals surface area contributed by atoms with E-state index in [1.54, 1.807) is 7.11 Å². The van der Waals surface area contributed by atoms with Gasteiger partial charge < -0.3 is 4.74 Å². The van der Waals surface area contributed by atoms with Gasteiger partial charge in [0.25, 0.3) is 0 Å². The average molecular weight is 311 g/mol. The molecule has 2 rings (SSSR count). The number of aryl methyl sites for hydroxylation is 2. The van der Waals surface area contributed by atoms with E-state index in [1.807, 2.05) is 24.3 Å². The van der Waals surface area contributed by atoms with Gasteiger partial charge in [-0.1, -0.05) is 42.5 Å². The Morgan fingerprint density at radius 1 is 1.13 bits per heavy atom. The first-order valence-corrected chi connectivity index (χ1v) is 7.63. The summed E-state index contributed by atoms with van der Waals surface area (Å²) in [6, 6.07) is 16.2. The van der Waals surface area contributed by atoms with E-state index in [1.165, 1.54) is 24.1 Å².